The minimum Gasteiger partial charge on any atom is -0.434 e. The Balaban J connectivity index is 1.91. The van der Waals surface area contributed by atoms with Crippen molar-refractivity contribution in [1.29, 1.82) is 0 Å². The summed E-state index contributed by atoms with van der Waals surface area (Å²) in [6.07, 6.45) is 1.22. The number of nitrogens with one attached hydrogen (secondary N) is 1. The molecule has 1 aromatic rings. The van der Waals surface area contributed by atoms with Crippen LogP contribution in [0.25, 0.3) is 0 Å². The molecule has 2 nitrogen and oxygen atoms in total. The molecule has 1 aliphatic heterocycles. The van der Waals surface area contributed by atoms with Crippen molar-refractivity contribution >= 4 is 23.4 Å². The molecule has 106 valence electrons. The molecule has 0 radical (unpaired) electrons. The third kappa shape index (κ3) is 4.82. The number of hydrogen-bond acceptors (Lipinski definition) is 3. The highest BCUT2D eigenvalue weighted by Crippen LogP contribution is 2.25. The second-order valence-corrected chi connectivity index (χ2v) is 6.08. The Bertz CT molecular complexity index is 414. The van der Waals surface area contributed by atoms with Gasteiger partial charge in [-0.2, -0.15) is 20.5 Å². The second kappa shape index (κ2) is 7.31. The lowest BCUT2D eigenvalue weighted by Gasteiger charge is -2.13. The van der Waals surface area contributed by atoms with E-state index in [1.54, 1.807) is 12.1 Å². The molecule has 0 spiro atoms. The van der Waals surface area contributed by atoms with E-state index in [1.807, 2.05) is 11.8 Å². The van der Waals surface area contributed by atoms with Crippen molar-refractivity contribution in [2.75, 3.05) is 18.1 Å². The quantitative estimate of drug-likeness (QED) is 0.864. The standard InChI is InChI=1S/C13H16ClF2NOS/c14-11-1-2-12(18-13(15)16)10(5-11)7-17-6-9-3-4-19-8-9/h1-2,5,9,13,17H,3-4,6-8H2. The average Bonchev–Trinajstić information content (AvgIpc) is 2.85. The maximum atomic E-state index is 12.3. The molecule has 1 unspecified atom stereocenters. The normalized spacial score (nSPS) is 19.1. The van der Waals surface area contributed by atoms with Crippen molar-refractivity contribution in [1.82, 2.24) is 5.32 Å². The topological polar surface area (TPSA) is 21.3 Å². The molecule has 1 saturated heterocycles. The number of benzene rings is 1. The molecule has 0 amide bonds. The first-order valence-electron chi connectivity index (χ1n) is 6.17. The van der Waals surface area contributed by atoms with E-state index >= 15 is 0 Å². The lowest BCUT2D eigenvalue weighted by molar-refractivity contribution is -0.0505. The zero-order valence-electron chi connectivity index (χ0n) is 10.4. The summed E-state index contributed by atoms with van der Waals surface area (Å²) in [5, 5.41) is 3.81. The SMILES string of the molecule is FC(F)Oc1ccc(Cl)cc1CNCC1CCSC1. The van der Waals surface area contributed by atoms with Crippen LogP contribution in [0, 0.1) is 5.92 Å². The lowest BCUT2D eigenvalue weighted by Crippen LogP contribution is -2.22. The molecule has 1 heterocycles. The first kappa shape index (κ1) is 14.9. The van der Waals surface area contributed by atoms with E-state index in [0.717, 1.165) is 6.54 Å². The van der Waals surface area contributed by atoms with Crippen LogP contribution in [-0.4, -0.2) is 24.7 Å². The molecule has 1 atom stereocenters. The molecule has 6 heteroatoms. The van der Waals surface area contributed by atoms with Gasteiger partial charge in [0.25, 0.3) is 0 Å². The average molecular weight is 308 g/mol. The smallest absolute Gasteiger partial charge is 0.387 e. The first-order valence-corrected chi connectivity index (χ1v) is 7.70. The molecule has 0 aliphatic carbocycles. The van der Waals surface area contributed by atoms with Gasteiger partial charge in [-0.3, -0.25) is 0 Å². The molecular formula is C13H16ClF2NOS. The molecule has 0 aromatic heterocycles. The van der Waals surface area contributed by atoms with Crippen LogP contribution in [0.4, 0.5) is 8.78 Å². The van der Waals surface area contributed by atoms with Crippen LogP contribution in [-0.2, 0) is 6.54 Å². The zero-order chi connectivity index (χ0) is 13.7. The number of thioether (sulfide) groups is 1. The molecule has 0 bridgehead atoms. The Morgan fingerprint density at radius 1 is 1.47 bits per heavy atom. The monoisotopic (exact) mass is 307 g/mol. The van der Waals surface area contributed by atoms with Gasteiger partial charge in [0.1, 0.15) is 5.75 Å². The van der Waals surface area contributed by atoms with E-state index in [-0.39, 0.29) is 5.75 Å². The molecule has 1 N–H and O–H groups in total. The fraction of sp³-hybridized carbons (Fsp3) is 0.538. The number of halogens is 3. The maximum Gasteiger partial charge on any atom is 0.387 e. The fourth-order valence-electron chi connectivity index (χ4n) is 2.05. The Morgan fingerprint density at radius 3 is 3.00 bits per heavy atom. The molecule has 1 fully saturated rings. The van der Waals surface area contributed by atoms with Gasteiger partial charge in [0.05, 0.1) is 0 Å². The Morgan fingerprint density at radius 2 is 2.32 bits per heavy atom. The van der Waals surface area contributed by atoms with E-state index in [9.17, 15) is 8.78 Å². The lowest BCUT2D eigenvalue weighted by atomic mass is 10.1. The van der Waals surface area contributed by atoms with Crippen molar-refractivity contribution in [2.45, 2.75) is 19.6 Å². The molecular weight excluding hydrogens is 292 g/mol. The summed E-state index contributed by atoms with van der Waals surface area (Å²) in [6.45, 7) is -1.43. The van der Waals surface area contributed by atoms with E-state index in [1.165, 1.54) is 24.0 Å². The van der Waals surface area contributed by atoms with Gasteiger partial charge in [-0.05, 0) is 48.6 Å². The van der Waals surface area contributed by atoms with Crippen LogP contribution >= 0.6 is 23.4 Å². The summed E-state index contributed by atoms with van der Waals surface area (Å²) >= 11 is 7.84. The van der Waals surface area contributed by atoms with Crippen LogP contribution in [0.15, 0.2) is 18.2 Å². The maximum absolute atomic E-state index is 12.3. The van der Waals surface area contributed by atoms with Crippen LogP contribution in [0.1, 0.15) is 12.0 Å². The summed E-state index contributed by atoms with van der Waals surface area (Å²) < 4.78 is 29.1. The van der Waals surface area contributed by atoms with E-state index in [0.29, 0.717) is 23.0 Å². The Hall–Kier alpha value is -0.520. The molecule has 2 rings (SSSR count). The third-order valence-electron chi connectivity index (χ3n) is 3.01. The highest BCUT2D eigenvalue weighted by atomic mass is 35.5. The molecule has 1 aromatic carbocycles. The number of ether oxygens (including phenoxy) is 1. The van der Waals surface area contributed by atoms with Crippen molar-refractivity contribution in [3.05, 3.63) is 28.8 Å². The number of hydrogen-bond donors (Lipinski definition) is 1. The van der Waals surface area contributed by atoms with E-state index < -0.39 is 6.61 Å². The van der Waals surface area contributed by atoms with Crippen LogP contribution in [0.5, 0.6) is 5.75 Å². The molecule has 19 heavy (non-hydrogen) atoms. The minimum absolute atomic E-state index is 0.188. The Kier molecular flexibility index (Phi) is 5.73. The Labute approximate surface area is 120 Å². The summed E-state index contributed by atoms with van der Waals surface area (Å²) in [4.78, 5) is 0. The summed E-state index contributed by atoms with van der Waals surface area (Å²) in [7, 11) is 0. The van der Waals surface area contributed by atoms with Crippen molar-refractivity contribution < 1.29 is 13.5 Å². The van der Waals surface area contributed by atoms with Crippen molar-refractivity contribution in [3.63, 3.8) is 0 Å². The molecule has 0 saturated carbocycles. The second-order valence-electron chi connectivity index (χ2n) is 4.49. The van der Waals surface area contributed by atoms with Gasteiger partial charge in [-0.15, -0.1) is 0 Å². The van der Waals surface area contributed by atoms with Crippen molar-refractivity contribution in [3.8, 4) is 5.75 Å². The predicted octanol–water partition coefficient (Wildman–Crippen LogP) is 3.78. The minimum atomic E-state index is -2.81. The highest BCUT2D eigenvalue weighted by molar-refractivity contribution is 7.99. The van der Waals surface area contributed by atoms with Gasteiger partial charge >= 0.3 is 6.61 Å². The zero-order valence-corrected chi connectivity index (χ0v) is 11.9. The summed E-state index contributed by atoms with van der Waals surface area (Å²) in [5.41, 5.74) is 0.665. The van der Waals surface area contributed by atoms with Gasteiger partial charge in [-0.25, -0.2) is 0 Å². The van der Waals surface area contributed by atoms with Crippen LogP contribution in [0.3, 0.4) is 0 Å². The largest absolute Gasteiger partial charge is 0.434 e. The fourth-order valence-corrected chi connectivity index (χ4v) is 3.53. The van der Waals surface area contributed by atoms with Gasteiger partial charge in [0.15, 0.2) is 0 Å². The van der Waals surface area contributed by atoms with Gasteiger partial charge < -0.3 is 10.1 Å². The summed E-state index contributed by atoms with van der Waals surface area (Å²) in [5.74, 6) is 3.24. The van der Waals surface area contributed by atoms with Crippen molar-refractivity contribution in [2.24, 2.45) is 5.92 Å². The van der Waals surface area contributed by atoms with Gasteiger partial charge in [-0.1, -0.05) is 11.6 Å². The number of alkyl halides is 2. The summed E-state index contributed by atoms with van der Waals surface area (Å²) in [6, 6.07) is 4.70. The molecule has 1 aliphatic rings. The van der Waals surface area contributed by atoms with Crippen LogP contribution in [0.2, 0.25) is 5.02 Å². The third-order valence-corrected chi connectivity index (χ3v) is 4.48. The number of rotatable bonds is 6. The van der Waals surface area contributed by atoms with E-state index in [2.05, 4.69) is 10.1 Å². The van der Waals surface area contributed by atoms with E-state index in [4.69, 9.17) is 11.6 Å². The van der Waals surface area contributed by atoms with Crippen LogP contribution < -0.4 is 10.1 Å². The van der Waals surface area contributed by atoms with Gasteiger partial charge in [0.2, 0.25) is 0 Å². The predicted molar refractivity (Wildman–Crippen MR) is 75.2 cm³/mol. The van der Waals surface area contributed by atoms with Gasteiger partial charge in [0, 0.05) is 17.1 Å². The highest BCUT2D eigenvalue weighted by Gasteiger charge is 2.15. The first-order chi connectivity index (χ1) is 9.15.